The molecule has 0 aromatic carbocycles. The molecule has 1 N–H and O–H groups in total. The van der Waals surface area contributed by atoms with Gasteiger partial charge < -0.3 is 5.32 Å². The summed E-state index contributed by atoms with van der Waals surface area (Å²) in [6.07, 6.45) is 0. The average Bonchev–Trinajstić information content (AvgIpc) is 1.87. The van der Waals surface area contributed by atoms with Crippen LogP contribution in [-0.4, -0.2) is 15.1 Å². The van der Waals surface area contributed by atoms with Gasteiger partial charge >= 0.3 is 0 Å². The highest BCUT2D eigenvalue weighted by molar-refractivity contribution is 8.24. The lowest BCUT2D eigenvalue weighted by Crippen LogP contribution is -2.16. The van der Waals surface area contributed by atoms with Crippen LogP contribution in [0, 0.1) is 0 Å². The minimum Gasteiger partial charge on any atom is -0.335 e. The van der Waals surface area contributed by atoms with Crippen molar-refractivity contribution in [1.29, 1.82) is 0 Å². The van der Waals surface area contributed by atoms with Crippen LogP contribution in [0.25, 0.3) is 0 Å². The number of thioether (sulfide) groups is 1. The first-order chi connectivity index (χ1) is 3.29. The molecule has 1 aliphatic heterocycles. The van der Waals surface area contributed by atoms with Crippen LogP contribution < -0.4 is 5.32 Å². The molecule has 0 aliphatic carbocycles. The number of hydrogen-bond donors (Lipinski definition) is 1. The van der Waals surface area contributed by atoms with Gasteiger partial charge in [0.05, 0.1) is 10.7 Å². The molecule has 0 unspecified atom stereocenters. The van der Waals surface area contributed by atoms with Crippen LogP contribution in [0.5, 0.6) is 0 Å². The first-order valence-electron chi connectivity index (χ1n) is 1.75. The smallest absolute Gasteiger partial charge is 0.138 e. The molecule has 1 aliphatic rings. The van der Waals surface area contributed by atoms with Gasteiger partial charge in [0.1, 0.15) is 4.32 Å². The van der Waals surface area contributed by atoms with E-state index < -0.39 is 0 Å². The van der Waals surface area contributed by atoms with Crippen LogP contribution in [0.4, 0.5) is 0 Å². The summed E-state index contributed by atoms with van der Waals surface area (Å²) in [7, 11) is 0. The highest BCUT2D eigenvalue weighted by atomic mass is 32.2. The first-order valence-corrected chi connectivity index (χ1v) is 3.56. The number of hydrogen-bond acceptors (Lipinski definition) is 3. The summed E-state index contributed by atoms with van der Waals surface area (Å²) in [4.78, 5) is 0.856. The Morgan fingerprint density at radius 1 is 1.57 bits per heavy atom. The minimum atomic E-state index is 0.810. The molecule has 4 heteroatoms. The molecule has 1 rings (SSSR count). The Hall–Kier alpha value is 0.330. The second-order valence-corrected chi connectivity index (χ2v) is 3.27. The Kier molecular flexibility index (Phi) is 1.61. The lowest BCUT2D eigenvalue weighted by atomic mass is 10.8. The normalized spacial score (nSPS) is 20.0. The van der Waals surface area contributed by atoms with Gasteiger partial charge in [0.25, 0.3) is 0 Å². The summed E-state index contributed by atoms with van der Waals surface area (Å²) < 4.78 is 0.810. The molecule has 0 aromatic rings. The zero-order valence-corrected chi connectivity index (χ0v) is 5.88. The van der Waals surface area contributed by atoms with Crippen molar-refractivity contribution in [2.75, 3.05) is 5.75 Å². The number of nitrogens with one attached hydrogen (secondary N) is 1. The summed E-state index contributed by atoms with van der Waals surface area (Å²) >= 11 is 11.1. The molecule has 0 atom stereocenters. The van der Waals surface area contributed by atoms with Crippen molar-refractivity contribution in [2.24, 2.45) is 0 Å². The van der Waals surface area contributed by atoms with E-state index in [9.17, 15) is 0 Å². The lowest BCUT2D eigenvalue weighted by Gasteiger charge is -1.84. The summed E-state index contributed by atoms with van der Waals surface area (Å²) in [5, 5.41) is 2.84. The molecular formula is C3H3NS3. The standard InChI is InChI=1S/C3H3NS3/c5-2-1-7-3(6)4-2/h1H2,(H,4,5,6). The van der Waals surface area contributed by atoms with E-state index in [1.54, 1.807) is 11.8 Å². The Bertz CT molecular complexity index is 105. The minimum absolute atomic E-state index is 0.810. The Morgan fingerprint density at radius 3 is 2.43 bits per heavy atom. The zero-order chi connectivity index (χ0) is 5.28. The molecule has 1 saturated heterocycles. The molecule has 0 amide bonds. The van der Waals surface area contributed by atoms with Crippen molar-refractivity contribution in [3.8, 4) is 0 Å². The third kappa shape index (κ3) is 1.36. The van der Waals surface area contributed by atoms with Gasteiger partial charge in [-0.25, -0.2) is 0 Å². The maximum Gasteiger partial charge on any atom is 0.138 e. The molecule has 0 radical (unpaired) electrons. The van der Waals surface area contributed by atoms with E-state index in [2.05, 4.69) is 5.32 Å². The van der Waals surface area contributed by atoms with Crippen molar-refractivity contribution in [3.63, 3.8) is 0 Å². The fourth-order valence-corrected chi connectivity index (χ4v) is 1.55. The van der Waals surface area contributed by atoms with Gasteiger partial charge in [0, 0.05) is 0 Å². The molecule has 0 saturated carbocycles. The molecule has 1 nitrogen and oxygen atoms in total. The van der Waals surface area contributed by atoms with Gasteiger partial charge in [-0.2, -0.15) is 0 Å². The van der Waals surface area contributed by atoms with Crippen molar-refractivity contribution in [1.82, 2.24) is 5.32 Å². The van der Waals surface area contributed by atoms with Gasteiger partial charge in [-0.1, -0.05) is 36.2 Å². The summed E-state index contributed by atoms with van der Waals surface area (Å²) in [6, 6.07) is 0. The third-order valence-electron chi connectivity index (χ3n) is 0.576. The van der Waals surface area contributed by atoms with Crippen LogP contribution in [-0.2, 0) is 0 Å². The fourth-order valence-electron chi connectivity index (χ4n) is 0.317. The summed E-state index contributed by atoms with van der Waals surface area (Å²) in [6.45, 7) is 0. The molecule has 38 valence electrons. The van der Waals surface area contributed by atoms with Crippen molar-refractivity contribution in [3.05, 3.63) is 0 Å². The molecule has 0 aromatic heterocycles. The number of rotatable bonds is 0. The monoisotopic (exact) mass is 149 g/mol. The molecule has 7 heavy (non-hydrogen) atoms. The topological polar surface area (TPSA) is 12.0 Å². The van der Waals surface area contributed by atoms with E-state index in [1.807, 2.05) is 0 Å². The Balaban J connectivity index is 2.55. The van der Waals surface area contributed by atoms with Gasteiger partial charge in [-0.15, -0.1) is 0 Å². The zero-order valence-electron chi connectivity index (χ0n) is 3.43. The third-order valence-corrected chi connectivity index (χ3v) is 2.26. The first kappa shape index (κ1) is 5.47. The fraction of sp³-hybridized carbons (Fsp3) is 0.333. The average molecular weight is 149 g/mol. The van der Waals surface area contributed by atoms with E-state index in [0.717, 1.165) is 15.1 Å². The SMILES string of the molecule is S=C1CSC(=S)N1. The van der Waals surface area contributed by atoms with Gasteiger partial charge in [0.2, 0.25) is 0 Å². The van der Waals surface area contributed by atoms with Crippen molar-refractivity contribution in [2.45, 2.75) is 0 Å². The summed E-state index contributed by atoms with van der Waals surface area (Å²) in [5.41, 5.74) is 0. The maximum absolute atomic E-state index is 4.78. The lowest BCUT2D eigenvalue weighted by molar-refractivity contribution is 1.50. The maximum atomic E-state index is 4.78. The van der Waals surface area contributed by atoms with Gasteiger partial charge in [0.15, 0.2) is 0 Å². The predicted molar refractivity (Wildman–Crippen MR) is 40.8 cm³/mol. The second-order valence-electron chi connectivity index (χ2n) is 1.12. The largest absolute Gasteiger partial charge is 0.335 e. The molecule has 0 bridgehead atoms. The van der Waals surface area contributed by atoms with Gasteiger partial charge in [-0.05, 0) is 0 Å². The summed E-state index contributed by atoms with van der Waals surface area (Å²) in [5.74, 6) is 0.869. The van der Waals surface area contributed by atoms with E-state index in [0.29, 0.717) is 0 Å². The van der Waals surface area contributed by atoms with Crippen molar-refractivity contribution < 1.29 is 0 Å². The second kappa shape index (κ2) is 2.07. The van der Waals surface area contributed by atoms with E-state index in [4.69, 9.17) is 24.4 Å². The molecule has 1 heterocycles. The Morgan fingerprint density at radius 2 is 2.29 bits per heavy atom. The molecule has 1 fully saturated rings. The predicted octanol–water partition coefficient (Wildman–Crippen LogP) is 0.935. The van der Waals surface area contributed by atoms with Crippen LogP contribution >= 0.6 is 36.2 Å². The quantitative estimate of drug-likeness (QED) is 0.514. The molecular weight excluding hydrogens is 146 g/mol. The van der Waals surface area contributed by atoms with E-state index in [-0.39, 0.29) is 0 Å². The number of thiocarbonyl (C=S) groups is 2. The van der Waals surface area contributed by atoms with Crippen LogP contribution in [0.3, 0.4) is 0 Å². The van der Waals surface area contributed by atoms with E-state index in [1.165, 1.54) is 0 Å². The van der Waals surface area contributed by atoms with Crippen LogP contribution in [0.1, 0.15) is 0 Å². The van der Waals surface area contributed by atoms with E-state index >= 15 is 0 Å². The highest BCUT2D eigenvalue weighted by Crippen LogP contribution is 2.08. The molecule has 0 spiro atoms. The van der Waals surface area contributed by atoms with Gasteiger partial charge in [-0.3, -0.25) is 0 Å². The van der Waals surface area contributed by atoms with Crippen LogP contribution in [0.2, 0.25) is 0 Å². The Labute approximate surface area is 56.9 Å². The van der Waals surface area contributed by atoms with Crippen molar-refractivity contribution >= 4 is 45.5 Å². The highest BCUT2D eigenvalue weighted by Gasteiger charge is 2.09. The van der Waals surface area contributed by atoms with Crippen LogP contribution in [0.15, 0.2) is 0 Å².